The van der Waals surface area contributed by atoms with Crippen LogP contribution in [0.5, 0.6) is 0 Å². The first-order valence-electron chi connectivity index (χ1n) is 6.64. The smallest absolute Gasteiger partial charge is 0.313 e. The summed E-state index contributed by atoms with van der Waals surface area (Å²) < 4.78 is 2.00. The van der Waals surface area contributed by atoms with E-state index < -0.39 is 5.97 Å². The molecule has 0 radical (unpaired) electrons. The van der Waals surface area contributed by atoms with Gasteiger partial charge in [-0.3, -0.25) is 4.79 Å². The Morgan fingerprint density at radius 2 is 2.19 bits per heavy atom. The lowest BCUT2D eigenvalue weighted by Crippen LogP contribution is -2.42. The van der Waals surface area contributed by atoms with E-state index in [1.54, 1.807) is 6.20 Å². The van der Waals surface area contributed by atoms with Crippen molar-refractivity contribution in [2.24, 2.45) is 0 Å². The fourth-order valence-electron chi connectivity index (χ4n) is 1.85. The van der Waals surface area contributed by atoms with Crippen LogP contribution in [0.1, 0.15) is 13.8 Å². The summed E-state index contributed by atoms with van der Waals surface area (Å²) in [7, 11) is 4.05. The molecule has 0 saturated carbocycles. The van der Waals surface area contributed by atoms with E-state index in [1.165, 1.54) is 11.8 Å². The summed E-state index contributed by atoms with van der Waals surface area (Å²) in [6.45, 7) is 4.95. The molecule has 0 bridgehead atoms. The van der Waals surface area contributed by atoms with Crippen LogP contribution in [0, 0.1) is 0 Å². The summed E-state index contributed by atoms with van der Waals surface area (Å²) in [5, 5.41) is 9.58. The number of hydrogen-bond acceptors (Lipinski definition) is 5. The summed E-state index contributed by atoms with van der Waals surface area (Å²) in [6, 6.07) is 3.73. The van der Waals surface area contributed by atoms with Crippen LogP contribution in [-0.2, 0) is 11.3 Å². The van der Waals surface area contributed by atoms with E-state index in [0.717, 1.165) is 11.2 Å². The number of thioether (sulfide) groups is 1. The number of aromatic nitrogens is 3. The highest BCUT2D eigenvalue weighted by atomic mass is 32.2. The Morgan fingerprint density at radius 1 is 1.48 bits per heavy atom. The molecule has 2 heterocycles. The molecule has 6 nitrogen and oxygen atoms in total. The second-order valence-corrected chi connectivity index (χ2v) is 6.66. The minimum absolute atomic E-state index is 0.00822. The fraction of sp³-hybridized carbons (Fsp3) is 0.500. The molecule has 2 rings (SSSR count). The van der Waals surface area contributed by atoms with E-state index in [9.17, 15) is 4.79 Å². The number of aliphatic carboxylic acids is 1. The number of fused-ring (bicyclic) bond motifs is 1. The van der Waals surface area contributed by atoms with Gasteiger partial charge in [0.15, 0.2) is 10.8 Å². The highest BCUT2D eigenvalue weighted by molar-refractivity contribution is 7.99. The van der Waals surface area contributed by atoms with Gasteiger partial charge >= 0.3 is 5.97 Å². The standard InChI is InChI=1S/C14H20N4O2S/c1-14(2,17(3)4)9-18-12-10(6-5-7-15-12)16-13(18)21-8-11(19)20/h5-7H,8-9H2,1-4H3,(H,19,20). The summed E-state index contributed by atoms with van der Waals surface area (Å²) in [6.07, 6.45) is 1.73. The maximum Gasteiger partial charge on any atom is 0.313 e. The molecule has 0 saturated heterocycles. The highest BCUT2D eigenvalue weighted by Gasteiger charge is 2.24. The zero-order valence-corrected chi connectivity index (χ0v) is 13.5. The Balaban J connectivity index is 2.42. The van der Waals surface area contributed by atoms with Crippen LogP contribution >= 0.6 is 11.8 Å². The minimum atomic E-state index is -0.849. The molecule has 0 atom stereocenters. The van der Waals surface area contributed by atoms with Gasteiger partial charge in [0.25, 0.3) is 0 Å². The second kappa shape index (κ2) is 6.03. The van der Waals surface area contributed by atoms with Gasteiger partial charge < -0.3 is 14.6 Å². The van der Waals surface area contributed by atoms with Crippen molar-refractivity contribution < 1.29 is 9.90 Å². The van der Waals surface area contributed by atoms with Gasteiger partial charge in [0.1, 0.15) is 5.52 Å². The van der Waals surface area contributed by atoms with Crippen LogP contribution in [0.15, 0.2) is 23.5 Å². The molecule has 7 heteroatoms. The van der Waals surface area contributed by atoms with Crippen LogP contribution in [0.2, 0.25) is 0 Å². The van der Waals surface area contributed by atoms with Crippen LogP contribution in [0.25, 0.3) is 11.2 Å². The molecular formula is C14H20N4O2S. The Bertz CT molecular complexity index is 651. The van der Waals surface area contributed by atoms with E-state index in [2.05, 4.69) is 28.7 Å². The Morgan fingerprint density at radius 3 is 2.81 bits per heavy atom. The first-order valence-corrected chi connectivity index (χ1v) is 7.63. The summed E-state index contributed by atoms with van der Waals surface area (Å²) in [5.74, 6) is -0.857. The summed E-state index contributed by atoms with van der Waals surface area (Å²) in [4.78, 5) is 21.8. The zero-order valence-electron chi connectivity index (χ0n) is 12.7. The normalized spacial score (nSPS) is 12.2. The number of rotatable bonds is 6. The monoisotopic (exact) mass is 308 g/mol. The van der Waals surface area contributed by atoms with Crippen LogP contribution < -0.4 is 0 Å². The van der Waals surface area contributed by atoms with Crippen molar-refractivity contribution in [2.75, 3.05) is 19.8 Å². The number of nitrogens with zero attached hydrogens (tertiary/aromatic N) is 4. The summed E-state index contributed by atoms with van der Waals surface area (Å²) >= 11 is 1.23. The van der Waals surface area contributed by atoms with Crippen molar-refractivity contribution in [3.63, 3.8) is 0 Å². The average Bonchev–Trinajstić information content (AvgIpc) is 2.74. The van der Waals surface area contributed by atoms with Crippen LogP contribution in [0.3, 0.4) is 0 Å². The van der Waals surface area contributed by atoms with Gasteiger partial charge in [-0.15, -0.1) is 0 Å². The van der Waals surface area contributed by atoms with E-state index >= 15 is 0 Å². The van der Waals surface area contributed by atoms with Crippen molar-refractivity contribution in [3.05, 3.63) is 18.3 Å². The molecule has 0 aliphatic heterocycles. The maximum absolute atomic E-state index is 10.8. The molecule has 2 aromatic heterocycles. The average molecular weight is 308 g/mol. The minimum Gasteiger partial charge on any atom is -0.481 e. The third-order valence-electron chi connectivity index (χ3n) is 3.55. The molecule has 0 fully saturated rings. The quantitative estimate of drug-likeness (QED) is 0.822. The first kappa shape index (κ1) is 15.8. The molecule has 21 heavy (non-hydrogen) atoms. The topological polar surface area (TPSA) is 71.2 Å². The number of carbonyl (C=O) groups is 1. The van der Waals surface area contributed by atoms with Crippen molar-refractivity contribution in [1.29, 1.82) is 0 Å². The van der Waals surface area contributed by atoms with Gasteiger partial charge in [-0.2, -0.15) is 0 Å². The number of carboxylic acid groups (broad SMARTS) is 1. The molecule has 114 valence electrons. The van der Waals surface area contributed by atoms with Crippen molar-refractivity contribution in [1.82, 2.24) is 19.4 Å². The van der Waals surface area contributed by atoms with E-state index in [-0.39, 0.29) is 11.3 Å². The Kier molecular flexibility index (Phi) is 4.53. The van der Waals surface area contributed by atoms with Crippen LogP contribution in [-0.4, -0.2) is 55.9 Å². The lowest BCUT2D eigenvalue weighted by molar-refractivity contribution is -0.133. The molecule has 0 aliphatic carbocycles. The third kappa shape index (κ3) is 3.54. The molecule has 0 aliphatic rings. The number of pyridine rings is 1. The molecule has 2 aromatic rings. The maximum atomic E-state index is 10.8. The van der Waals surface area contributed by atoms with Crippen molar-refractivity contribution in [3.8, 4) is 0 Å². The van der Waals surface area contributed by atoms with Crippen molar-refractivity contribution >= 4 is 28.9 Å². The Hall–Kier alpha value is -1.60. The predicted molar refractivity (Wildman–Crippen MR) is 83.7 cm³/mol. The number of likely N-dealkylation sites (N-methyl/N-ethyl adjacent to an activating group) is 1. The summed E-state index contributed by atoms with van der Waals surface area (Å²) in [5.41, 5.74) is 1.49. The Labute approximate surface area is 128 Å². The largest absolute Gasteiger partial charge is 0.481 e. The van der Waals surface area contributed by atoms with Gasteiger partial charge in [0.2, 0.25) is 0 Å². The fourth-order valence-corrected chi connectivity index (χ4v) is 2.57. The van der Waals surface area contributed by atoms with Crippen LogP contribution in [0.4, 0.5) is 0 Å². The molecule has 0 aromatic carbocycles. The molecule has 0 spiro atoms. The number of carboxylic acids is 1. The lowest BCUT2D eigenvalue weighted by atomic mass is 10.0. The van der Waals surface area contributed by atoms with Gasteiger partial charge in [0.05, 0.1) is 5.75 Å². The van der Waals surface area contributed by atoms with E-state index in [4.69, 9.17) is 5.11 Å². The van der Waals surface area contributed by atoms with E-state index in [0.29, 0.717) is 11.7 Å². The SMILES string of the molecule is CN(C)C(C)(C)Cn1c(SCC(=O)O)nc2cccnc21. The van der Waals surface area contributed by atoms with E-state index in [1.807, 2.05) is 30.8 Å². The van der Waals surface area contributed by atoms with Crippen molar-refractivity contribution in [2.45, 2.75) is 31.1 Å². The van der Waals surface area contributed by atoms with Gasteiger partial charge in [-0.1, -0.05) is 11.8 Å². The molecule has 1 N–H and O–H groups in total. The molecular weight excluding hydrogens is 288 g/mol. The first-order chi connectivity index (χ1) is 9.81. The highest BCUT2D eigenvalue weighted by Crippen LogP contribution is 2.26. The lowest BCUT2D eigenvalue weighted by Gasteiger charge is -2.33. The molecule has 0 amide bonds. The zero-order chi connectivity index (χ0) is 15.6. The predicted octanol–water partition coefficient (Wildman–Crippen LogP) is 1.95. The number of imidazole rings is 1. The van der Waals surface area contributed by atoms with Gasteiger partial charge in [-0.05, 0) is 40.1 Å². The number of hydrogen-bond donors (Lipinski definition) is 1. The van der Waals surface area contributed by atoms with Gasteiger partial charge in [-0.25, -0.2) is 9.97 Å². The third-order valence-corrected chi connectivity index (χ3v) is 4.51. The van der Waals surface area contributed by atoms with Gasteiger partial charge in [0, 0.05) is 18.3 Å². The molecule has 0 unspecified atom stereocenters. The second-order valence-electron chi connectivity index (χ2n) is 5.72.